The smallest absolute Gasteiger partial charge is 0.408 e. The maximum absolute atomic E-state index is 11.8. The average Bonchev–Trinajstić information content (AvgIpc) is 2.49. The highest BCUT2D eigenvalue weighted by Crippen LogP contribution is 2.07. The van der Waals surface area contributed by atoms with Crippen molar-refractivity contribution in [1.82, 2.24) is 5.32 Å². The molecule has 0 aliphatic heterocycles. The Kier molecular flexibility index (Phi) is 5.66. The van der Waals surface area contributed by atoms with Gasteiger partial charge >= 0.3 is 12.1 Å². The molecular weight excluding hydrogens is 286 g/mol. The molecule has 6 nitrogen and oxygen atoms in total. The minimum Gasteiger partial charge on any atom is -0.467 e. The molecule has 1 atom stereocenters. The van der Waals surface area contributed by atoms with Gasteiger partial charge in [-0.1, -0.05) is 30.3 Å². The number of carbonyl (C=O) groups excluding carboxylic acids is 2. The van der Waals surface area contributed by atoms with Crippen molar-refractivity contribution < 1.29 is 26.5 Å². The summed E-state index contributed by atoms with van der Waals surface area (Å²) in [6.07, 6.45) is -0.818. The van der Waals surface area contributed by atoms with Gasteiger partial charge in [0.2, 0.25) is 0 Å². The molecular formula is C16H23NO5. The number of carbonyl (C=O) groups is 2. The van der Waals surface area contributed by atoms with Crippen LogP contribution in [-0.4, -0.2) is 37.4 Å². The van der Waals surface area contributed by atoms with Gasteiger partial charge in [-0.25, -0.2) is 9.59 Å². The highest BCUT2D eigenvalue weighted by molar-refractivity contribution is 5.81. The van der Waals surface area contributed by atoms with E-state index in [2.05, 4.69) is 10.1 Å². The maximum Gasteiger partial charge on any atom is 0.408 e. The fourth-order valence-corrected chi connectivity index (χ4v) is 1.48. The molecule has 1 unspecified atom stereocenters. The lowest BCUT2D eigenvalue weighted by Gasteiger charge is -2.22. The van der Waals surface area contributed by atoms with Crippen LogP contribution in [0.2, 0.25) is 0 Å². The zero-order valence-electron chi connectivity index (χ0n) is 15.2. The summed E-state index contributed by atoms with van der Waals surface area (Å²) in [7, 11) is 1.16. The van der Waals surface area contributed by atoms with Crippen LogP contribution in [0, 0.1) is 0 Å². The summed E-state index contributed by atoms with van der Waals surface area (Å²) < 4.78 is 30.7. The third-order valence-corrected chi connectivity index (χ3v) is 2.39. The first-order valence-corrected chi connectivity index (χ1v) is 6.82. The molecule has 0 fully saturated rings. The molecule has 1 amide bonds. The van der Waals surface area contributed by atoms with Crippen molar-refractivity contribution in [3.63, 3.8) is 0 Å². The van der Waals surface area contributed by atoms with Gasteiger partial charge in [0.15, 0.2) is 6.04 Å². The average molecular weight is 311 g/mol. The summed E-state index contributed by atoms with van der Waals surface area (Å²) in [6.45, 7) is 2.52. The van der Waals surface area contributed by atoms with Gasteiger partial charge in [-0.05, 0) is 26.3 Å². The number of benzene rings is 1. The van der Waals surface area contributed by atoms with Crippen LogP contribution in [0.1, 0.15) is 29.1 Å². The van der Waals surface area contributed by atoms with Gasteiger partial charge in [0, 0.05) is 0 Å². The zero-order chi connectivity index (χ0) is 18.4. The number of methoxy groups -OCH3 is 1. The Balaban J connectivity index is 2.73. The van der Waals surface area contributed by atoms with Crippen molar-refractivity contribution in [2.24, 2.45) is 0 Å². The van der Waals surface area contributed by atoms with E-state index in [0.717, 1.165) is 7.11 Å². The Morgan fingerprint density at radius 3 is 2.45 bits per heavy atom. The zero-order valence-corrected chi connectivity index (χ0v) is 13.2. The number of hydrogen-bond acceptors (Lipinski definition) is 5. The molecule has 0 radical (unpaired) electrons. The quantitative estimate of drug-likeness (QED) is 0.816. The molecule has 1 aromatic rings. The number of amides is 1. The number of rotatable bonds is 6. The van der Waals surface area contributed by atoms with Crippen molar-refractivity contribution in [3.8, 4) is 0 Å². The Morgan fingerprint density at radius 2 is 1.91 bits per heavy atom. The van der Waals surface area contributed by atoms with Crippen molar-refractivity contribution >= 4 is 12.1 Å². The summed E-state index contributed by atoms with van der Waals surface area (Å²) in [5.41, 5.74) is -0.435. The van der Waals surface area contributed by atoms with Crippen LogP contribution in [0.3, 0.4) is 0 Å². The third kappa shape index (κ3) is 7.08. The molecule has 22 heavy (non-hydrogen) atoms. The van der Waals surface area contributed by atoms with Gasteiger partial charge in [-0.3, -0.25) is 0 Å². The van der Waals surface area contributed by atoms with Gasteiger partial charge in [0.1, 0.15) is 5.60 Å². The number of alkyl carbamates (subject to hydrolysis) is 1. The molecule has 6 heteroatoms. The van der Waals surface area contributed by atoms with Gasteiger partial charge < -0.3 is 19.5 Å². The first-order chi connectivity index (χ1) is 11.0. The molecule has 0 bridgehead atoms. The van der Waals surface area contributed by atoms with E-state index in [1.807, 2.05) is 0 Å². The molecule has 0 aliphatic carbocycles. The molecule has 0 aliphatic rings. The van der Waals surface area contributed by atoms with Crippen LogP contribution >= 0.6 is 0 Å². The van der Waals surface area contributed by atoms with E-state index in [1.165, 1.54) is 0 Å². The summed E-state index contributed by atoms with van der Waals surface area (Å²) in [5, 5.41) is 2.32. The second-order valence-electron chi connectivity index (χ2n) is 5.50. The fraction of sp³-hybridized carbons (Fsp3) is 0.500. The van der Waals surface area contributed by atoms with Crippen molar-refractivity contribution in [2.45, 2.75) is 39.0 Å². The van der Waals surface area contributed by atoms with E-state index in [9.17, 15) is 9.59 Å². The predicted molar refractivity (Wildman–Crippen MR) is 81.3 cm³/mol. The van der Waals surface area contributed by atoms with Gasteiger partial charge in [0.25, 0.3) is 0 Å². The number of ether oxygens (including phenoxy) is 3. The summed E-state index contributed by atoms with van der Waals surface area (Å²) >= 11 is 0. The Bertz CT molecular complexity index is 557. The van der Waals surface area contributed by atoms with Crippen LogP contribution in [0.15, 0.2) is 30.3 Å². The van der Waals surface area contributed by atoms with Crippen LogP contribution in [0.5, 0.6) is 0 Å². The van der Waals surface area contributed by atoms with Crippen LogP contribution in [0.25, 0.3) is 0 Å². The lowest BCUT2D eigenvalue weighted by atomic mass is 10.2. The van der Waals surface area contributed by atoms with E-state index in [1.54, 1.807) is 51.1 Å². The number of nitrogens with one attached hydrogen (secondary N) is 1. The summed E-state index contributed by atoms with van der Waals surface area (Å²) in [4.78, 5) is 23.6. The van der Waals surface area contributed by atoms with E-state index in [4.69, 9.17) is 12.2 Å². The second-order valence-corrected chi connectivity index (χ2v) is 5.50. The Labute approximate surface area is 133 Å². The monoisotopic (exact) mass is 311 g/mol. The first-order valence-electron chi connectivity index (χ1n) is 7.82. The SMILES string of the molecule is [2H]C([2H])(OCC(NC(=O)OC(C)(C)C)C(=O)OC)c1ccccc1. The van der Waals surface area contributed by atoms with Crippen molar-refractivity contribution in [1.29, 1.82) is 0 Å². The molecule has 1 N–H and O–H groups in total. The molecule has 1 rings (SSSR count). The lowest BCUT2D eigenvalue weighted by Crippen LogP contribution is -2.46. The van der Waals surface area contributed by atoms with Crippen molar-refractivity contribution in [2.75, 3.05) is 13.7 Å². The van der Waals surface area contributed by atoms with Gasteiger partial charge in [-0.15, -0.1) is 0 Å². The summed E-state index contributed by atoms with van der Waals surface area (Å²) in [5.74, 6) is -0.760. The molecule has 122 valence electrons. The van der Waals surface area contributed by atoms with Gasteiger partial charge in [-0.2, -0.15) is 0 Å². The van der Waals surface area contributed by atoms with E-state index < -0.39 is 36.9 Å². The Morgan fingerprint density at radius 1 is 1.27 bits per heavy atom. The van der Waals surface area contributed by atoms with Crippen LogP contribution in [0.4, 0.5) is 4.79 Å². The highest BCUT2D eigenvalue weighted by atomic mass is 16.6. The minimum absolute atomic E-state index is 0.297. The largest absolute Gasteiger partial charge is 0.467 e. The summed E-state index contributed by atoms with van der Waals surface area (Å²) in [6, 6.07) is 7.04. The standard InChI is InChI=1S/C16H23NO5/c1-16(2,3)22-15(19)17-13(14(18)20-4)11-21-10-12-8-6-5-7-9-12/h5-9,13H,10-11H2,1-4H3,(H,17,19)/i10D2. The van der Waals surface area contributed by atoms with Gasteiger partial charge in [0.05, 0.1) is 23.0 Å². The molecule has 0 spiro atoms. The Hall–Kier alpha value is -2.08. The van der Waals surface area contributed by atoms with E-state index in [0.29, 0.717) is 5.56 Å². The number of esters is 1. The maximum atomic E-state index is 11.8. The second kappa shape index (κ2) is 8.38. The third-order valence-electron chi connectivity index (χ3n) is 2.39. The predicted octanol–water partition coefficient (Wildman–Crippen LogP) is 2.27. The fourth-order valence-electron chi connectivity index (χ4n) is 1.48. The molecule has 0 saturated carbocycles. The van der Waals surface area contributed by atoms with Crippen LogP contribution in [-0.2, 0) is 25.6 Å². The molecule has 1 aromatic carbocycles. The van der Waals surface area contributed by atoms with E-state index >= 15 is 0 Å². The number of hydrogen-bond donors (Lipinski definition) is 1. The molecule has 0 saturated heterocycles. The lowest BCUT2D eigenvalue weighted by molar-refractivity contribution is -0.145. The van der Waals surface area contributed by atoms with Crippen LogP contribution < -0.4 is 5.32 Å². The minimum atomic E-state index is -2.12. The normalized spacial score (nSPS) is 14.4. The molecule has 0 heterocycles. The molecule has 0 aromatic heterocycles. The topological polar surface area (TPSA) is 73.9 Å². The van der Waals surface area contributed by atoms with E-state index in [-0.39, 0.29) is 0 Å². The van der Waals surface area contributed by atoms with Crippen molar-refractivity contribution in [3.05, 3.63) is 35.9 Å². The highest BCUT2D eigenvalue weighted by Gasteiger charge is 2.25. The first kappa shape index (κ1) is 14.8.